The molecule has 2 aliphatic heterocycles. The molecule has 3 aliphatic rings. The van der Waals surface area contributed by atoms with Crippen molar-refractivity contribution in [3.63, 3.8) is 0 Å². The average molecular weight is 609 g/mol. The number of nitrogens with one attached hydrogen (secondary N) is 1. The second kappa shape index (κ2) is 12.0. The van der Waals surface area contributed by atoms with Crippen LogP contribution in [0.15, 0.2) is 63.2 Å². The van der Waals surface area contributed by atoms with Gasteiger partial charge in [-0.05, 0) is 45.4 Å². The first-order valence-electron chi connectivity index (χ1n) is 13.9. The van der Waals surface area contributed by atoms with Gasteiger partial charge >= 0.3 is 6.03 Å². The van der Waals surface area contributed by atoms with Crippen LogP contribution in [0.5, 0.6) is 5.75 Å². The molecule has 3 atom stereocenters. The standard InChI is InChI=1S/C30H33ClN6O6/c1-30(2,3)42-23-14-18(21(38)15-24(32)39)6-9-20(23)28-35-26(22-10-11-34-43-22)27(17-4-7-19(31)8-5-17)37(28)29(41)36-13-12-33-25(40)16-36/h4,6-11,14,17,26-27H,5,12-13,15-16H2,1-3H3,(H2,32,39)(H,33,40). The zero-order valence-electron chi connectivity index (χ0n) is 24.1. The fraction of sp³-hybridized carbons (Fsp3) is 0.400. The Morgan fingerprint density at radius 2 is 2.02 bits per heavy atom. The molecule has 226 valence electrons. The summed E-state index contributed by atoms with van der Waals surface area (Å²) in [6.45, 7) is 6.07. The molecule has 1 saturated heterocycles. The number of amidine groups is 1. The van der Waals surface area contributed by atoms with E-state index in [1.165, 1.54) is 17.2 Å². The van der Waals surface area contributed by atoms with E-state index in [4.69, 9.17) is 31.6 Å². The minimum atomic E-state index is -0.748. The van der Waals surface area contributed by atoms with E-state index in [1.54, 1.807) is 29.2 Å². The van der Waals surface area contributed by atoms with Gasteiger partial charge in [-0.15, -0.1) is 0 Å². The van der Waals surface area contributed by atoms with Crippen molar-refractivity contribution in [1.29, 1.82) is 0 Å². The third-order valence-electron chi connectivity index (χ3n) is 7.20. The molecule has 1 aromatic heterocycles. The van der Waals surface area contributed by atoms with Gasteiger partial charge in [0.15, 0.2) is 11.5 Å². The number of nitrogens with two attached hydrogens (primary N) is 1. The van der Waals surface area contributed by atoms with Gasteiger partial charge in [0, 0.05) is 35.7 Å². The first kappa shape index (κ1) is 30.0. The molecule has 0 saturated carbocycles. The first-order valence-corrected chi connectivity index (χ1v) is 14.3. The Labute approximate surface area is 253 Å². The number of aromatic nitrogens is 1. The summed E-state index contributed by atoms with van der Waals surface area (Å²) in [5.41, 5.74) is 5.24. The van der Waals surface area contributed by atoms with Crippen LogP contribution in [0.3, 0.4) is 0 Å². The second-order valence-electron chi connectivity index (χ2n) is 11.6. The Kier molecular flexibility index (Phi) is 8.41. The molecule has 3 heterocycles. The molecule has 3 N–H and O–H groups in total. The molecule has 3 unspecified atom stereocenters. The van der Waals surface area contributed by atoms with Gasteiger partial charge in [-0.25, -0.2) is 4.79 Å². The second-order valence-corrected chi connectivity index (χ2v) is 12.0. The number of aliphatic imine (C=N–C) groups is 1. The number of amides is 4. The van der Waals surface area contributed by atoms with Gasteiger partial charge in [0.1, 0.15) is 29.8 Å². The van der Waals surface area contributed by atoms with Gasteiger partial charge in [-0.2, -0.15) is 0 Å². The Balaban J connectivity index is 1.66. The molecular formula is C30H33ClN6O6. The largest absolute Gasteiger partial charge is 0.487 e. The molecule has 0 bridgehead atoms. The maximum absolute atomic E-state index is 14.4. The van der Waals surface area contributed by atoms with Crippen LogP contribution in [0.1, 0.15) is 61.3 Å². The minimum absolute atomic E-state index is 0.111. The van der Waals surface area contributed by atoms with E-state index in [1.807, 2.05) is 32.9 Å². The van der Waals surface area contributed by atoms with Crippen LogP contribution in [-0.4, -0.2) is 75.7 Å². The number of carbonyl (C=O) groups excluding carboxylic acids is 4. The number of urea groups is 1. The highest BCUT2D eigenvalue weighted by molar-refractivity contribution is 6.31. The monoisotopic (exact) mass is 608 g/mol. The van der Waals surface area contributed by atoms with E-state index >= 15 is 0 Å². The lowest BCUT2D eigenvalue weighted by Gasteiger charge is -2.38. The van der Waals surface area contributed by atoms with Crippen LogP contribution in [-0.2, 0) is 9.59 Å². The van der Waals surface area contributed by atoms with Crippen molar-refractivity contribution in [2.75, 3.05) is 19.6 Å². The average Bonchev–Trinajstić information content (AvgIpc) is 3.60. The number of allylic oxidation sites excluding steroid dienone is 3. The highest BCUT2D eigenvalue weighted by atomic mass is 35.5. The lowest BCUT2D eigenvalue weighted by atomic mass is 9.86. The van der Waals surface area contributed by atoms with Crippen molar-refractivity contribution in [2.45, 2.75) is 51.3 Å². The number of primary amides is 1. The highest BCUT2D eigenvalue weighted by Gasteiger charge is 2.48. The van der Waals surface area contributed by atoms with Crippen molar-refractivity contribution in [1.82, 2.24) is 20.3 Å². The number of halogens is 1. The molecule has 4 amide bonds. The van der Waals surface area contributed by atoms with Crippen LogP contribution in [0, 0.1) is 5.92 Å². The Morgan fingerprint density at radius 3 is 2.65 bits per heavy atom. The smallest absolute Gasteiger partial charge is 0.326 e. The molecule has 0 radical (unpaired) electrons. The van der Waals surface area contributed by atoms with Crippen LogP contribution in [0.2, 0.25) is 0 Å². The van der Waals surface area contributed by atoms with Gasteiger partial charge in [-0.3, -0.25) is 24.3 Å². The van der Waals surface area contributed by atoms with Crippen LogP contribution < -0.4 is 15.8 Å². The number of benzene rings is 1. The SMILES string of the molecule is CC(C)(C)Oc1cc(C(=O)CC(N)=O)ccc1C1=NC(c2ccno2)C(C2C=CC(Cl)=CC2)N1C(=O)N1CCNC(=O)C1. The number of hydrogen-bond acceptors (Lipinski definition) is 8. The summed E-state index contributed by atoms with van der Waals surface area (Å²) in [4.78, 5) is 59.0. The molecule has 1 fully saturated rings. The lowest BCUT2D eigenvalue weighted by molar-refractivity contribution is -0.123. The molecule has 12 nitrogen and oxygen atoms in total. The van der Waals surface area contributed by atoms with Gasteiger partial charge in [-0.1, -0.05) is 35.0 Å². The van der Waals surface area contributed by atoms with Crippen molar-refractivity contribution in [3.8, 4) is 5.75 Å². The van der Waals surface area contributed by atoms with Crippen molar-refractivity contribution < 1.29 is 28.4 Å². The van der Waals surface area contributed by atoms with Crippen molar-refractivity contribution >= 4 is 41.1 Å². The summed E-state index contributed by atoms with van der Waals surface area (Å²) in [7, 11) is 0. The van der Waals surface area contributed by atoms with Crippen LogP contribution >= 0.6 is 11.6 Å². The zero-order valence-corrected chi connectivity index (χ0v) is 24.8. The van der Waals surface area contributed by atoms with Gasteiger partial charge < -0.3 is 25.2 Å². The quantitative estimate of drug-likeness (QED) is 0.360. The molecule has 0 spiro atoms. The number of rotatable bonds is 7. The third kappa shape index (κ3) is 6.64. The molecule has 2 aromatic rings. The van der Waals surface area contributed by atoms with Gasteiger partial charge in [0.05, 0.1) is 24.2 Å². The molecule has 1 aromatic carbocycles. The summed E-state index contributed by atoms with van der Waals surface area (Å²) in [6, 6.07) is 4.79. The van der Waals surface area contributed by atoms with E-state index in [0.717, 1.165) is 0 Å². The summed E-state index contributed by atoms with van der Waals surface area (Å²) in [6.07, 6.45) is 7.19. The van der Waals surface area contributed by atoms with E-state index in [0.29, 0.717) is 35.9 Å². The number of Topliss-reactive ketones (excluding diaryl/α,β-unsaturated/α-hetero) is 1. The number of ether oxygens (including phenoxy) is 1. The zero-order chi connectivity index (χ0) is 30.9. The molecule has 13 heteroatoms. The normalized spacial score (nSPS) is 22.1. The maximum atomic E-state index is 14.4. The Bertz CT molecular complexity index is 1530. The summed E-state index contributed by atoms with van der Waals surface area (Å²) >= 11 is 6.25. The summed E-state index contributed by atoms with van der Waals surface area (Å²) < 4.78 is 11.9. The highest BCUT2D eigenvalue weighted by Crippen LogP contribution is 2.42. The Hall–Kier alpha value is -4.45. The number of carbonyl (C=O) groups is 4. The molecule has 43 heavy (non-hydrogen) atoms. The third-order valence-corrected chi connectivity index (χ3v) is 7.48. The van der Waals surface area contributed by atoms with Crippen LogP contribution in [0.25, 0.3) is 0 Å². The summed E-state index contributed by atoms with van der Waals surface area (Å²) in [5, 5.41) is 7.23. The molecule has 5 rings (SSSR count). The van der Waals surface area contributed by atoms with Gasteiger partial charge in [0.25, 0.3) is 0 Å². The van der Waals surface area contributed by atoms with Crippen LogP contribution in [0.4, 0.5) is 4.79 Å². The van der Waals surface area contributed by atoms with E-state index < -0.39 is 41.8 Å². The number of nitrogens with zero attached hydrogens (tertiary/aromatic N) is 4. The fourth-order valence-corrected chi connectivity index (χ4v) is 5.54. The fourth-order valence-electron chi connectivity index (χ4n) is 5.38. The predicted octanol–water partition coefficient (Wildman–Crippen LogP) is 3.33. The van der Waals surface area contributed by atoms with E-state index in [-0.39, 0.29) is 35.5 Å². The topological polar surface area (TPSA) is 160 Å². The van der Waals surface area contributed by atoms with Crippen molar-refractivity contribution in [3.05, 3.63) is 70.6 Å². The van der Waals surface area contributed by atoms with E-state index in [2.05, 4.69) is 10.5 Å². The Morgan fingerprint density at radius 1 is 1.23 bits per heavy atom. The number of piperazine rings is 1. The van der Waals surface area contributed by atoms with Crippen molar-refractivity contribution in [2.24, 2.45) is 16.6 Å². The predicted molar refractivity (Wildman–Crippen MR) is 158 cm³/mol. The first-order chi connectivity index (χ1) is 20.4. The molecular weight excluding hydrogens is 576 g/mol. The minimum Gasteiger partial charge on any atom is -0.487 e. The van der Waals surface area contributed by atoms with Gasteiger partial charge in [0.2, 0.25) is 11.8 Å². The van der Waals surface area contributed by atoms with E-state index in [9.17, 15) is 19.2 Å². The summed E-state index contributed by atoms with van der Waals surface area (Å²) in [5.74, 6) is -0.671. The lowest BCUT2D eigenvalue weighted by Crippen LogP contribution is -2.57. The molecule has 1 aliphatic carbocycles. The number of hydrogen-bond donors (Lipinski definition) is 2. The number of ketones is 1. The maximum Gasteiger partial charge on any atom is 0.326 e.